The fraction of sp³-hybridized carbons (Fsp3) is 0.500. The summed E-state index contributed by atoms with van der Waals surface area (Å²) in [5.41, 5.74) is 1.23. The molecule has 0 bridgehead atoms. The minimum Gasteiger partial charge on any atom is -0.468 e. The molecular formula is C10H15NO2S. The fourth-order valence-electron chi connectivity index (χ4n) is 1.16. The van der Waals surface area contributed by atoms with Crippen LogP contribution in [-0.2, 0) is 16.1 Å². The summed E-state index contributed by atoms with van der Waals surface area (Å²) in [6.07, 6.45) is 0. The van der Waals surface area contributed by atoms with E-state index in [9.17, 15) is 4.79 Å². The molecular weight excluding hydrogens is 198 g/mol. The number of thiophene rings is 1. The molecule has 1 unspecified atom stereocenters. The third kappa shape index (κ3) is 2.82. The lowest BCUT2D eigenvalue weighted by atomic mass is 10.2. The second-order valence-corrected chi connectivity index (χ2v) is 4.03. The summed E-state index contributed by atoms with van der Waals surface area (Å²) < 4.78 is 4.67. The molecule has 0 aliphatic rings. The molecule has 1 atom stereocenters. The molecule has 1 rings (SSSR count). The quantitative estimate of drug-likeness (QED) is 0.713. The Labute approximate surface area is 88.3 Å². The maximum Gasteiger partial charge on any atom is 0.322 e. The standard InChI is InChI=1S/C10H15NO2S/c1-8(10(12)13-3)11(2)6-9-4-5-14-7-9/h4-5,7-8H,6H2,1-3H3. The van der Waals surface area contributed by atoms with Crippen molar-refractivity contribution in [1.82, 2.24) is 4.90 Å². The highest BCUT2D eigenvalue weighted by atomic mass is 32.1. The molecule has 1 aromatic rings. The molecule has 0 aliphatic carbocycles. The van der Waals surface area contributed by atoms with Crippen LogP contribution in [-0.4, -0.2) is 31.1 Å². The normalized spacial score (nSPS) is 12.9. The smallest absolute Gasteiger partial charge is 0.322 e. The number of methoxy groups -OCH3 is 1. The van der Waals surface area contributed by atoms with Gasteiger partial charge in [0.2, 0.25) is 0 Å². The summed E-state index contributed by atoms with van der Waals surface area (Å²) in [6.45, 7) is 2.62. The number of carbonyl (C=O) groups is 1. The molecule has 0 aliphatic heterocycles. The van der Waals surface area contributed by atoms with Crippen molar-refractivity contribution >= 4 is 17.3 Å². The van der Waals surface area contributed by atoms with Crippen molar-refractivity contribution in [2.45, 2.75) is 19.5 Å². The highest BCUT2D eigenvalue weighted by molar-refractivity contribution is 7.07. The molecule has 78 valence electrons. The predicted molar refractivity (Wildman–Crippen MR) is 57.3 cm³/mol. The van der Waals surface area contributed by atoms with Gasteiger partial charge in [-0.2, -0.15) is 11.3 Å². The summed E-state index contributed by atoms with van der Waals surface area (Å²) in [5, 5.41) is 4.12. The minimum atomic E-state index is -0.195. The summed E-state index contributed by atoms with van der Waals surface area (Å²) >= 11 is 1.66. The summed E-state index contributed by atoms with van der Waals surface area (Å²) in [5.74, 6) is -0.192. The largest absolute Gasteiger partial charge is 0.468 e. The molecule has 0 aromatic carbocycles. The summed E-state index contributed by atoms with van der Waals surface area (Å²) in [4.78, 5) is 13.2. The molecule has 0 saturated heterocycles. The molecule has 1 heterocycles. The van der Waals surface area contributed by atoms with Gasteiger partial charge in [-0.25, -0.2) is 0 Å². The number of rotatable bonds is 4. The molecule has 0 fully saturated rings. The van der Waals surface area contributed by atoms with Gasteiger partial charge in [0.25, 0.3) is 0 Å². The molecule has 0 radical (unpaired) electrons. The summed E-state index contributed by atoms with van der Waals surface area (Å²) in [6, 6.07) is 1.87. The monoisotopic (exact) mass is 213 g/mol. The number of ether oxygens (including phenoxy) is 1. The van der Waals surface area contributed by atoms with Crippen molar-refractivity contribution in [2.75, 3.05) is 14.2 Å². The molecule has 0 amide bonds. The van der Waals surface area contributed by atoms with E-state index in [1.54, 1.807) is 11.3 Å². The maximum atomic E-state index is 11.2. The fourth-order valence-corrected chi connectivity index (χ4v) is 1.82. The Hall–Kier alpha value is -0.870. The van der Waals surface area contributed by atoms with Gasteiger partial charge in [0, 0.05) is 6.54 Å². The summed E-state index contributed by atoms with van der Waals surface area (Å²) in [7, 11) is 3.33. The Balaban J connectivity index is 2.49. The SMILES string of the molecule is COC(=O)C(C)N(C)Cc1ccsc1. The van der Waals surface area contributed by atoms with Gasteiger partial charge in [0.15, 0.2) is 0 Å². The molecule has 4 heteroatoms. The van der Waals surface area contributed by atoms with Crippen LogP contribution in [0.25, 0.3) is 0 Å². The van der Waals surface area contributed by atoms with Gasteiger partial charge in [-0.3, -0.25) is 9.69 Å². The second kappa shape index (κ2) is 5.12. The highest BCUT2D eigenvalue weighted by Gasteiger charge is 2.18. The Bertz CT molecular complexity index is 284. The Kier molecular flexibility index (Phi) is 4.10. The van der Waals surface area contributed by atoms with Crippen molar-refractivity contribution in [1.29, 1.82) is 0 Å². The molecule has 0 N–H and O–H groups in total. The van der Waals surface area contributed by atoms with Crippen LogP contribution in [0.3, 0.4) is 0 Å². The van der Waals surface area contributed by atoms with E-state index in [2.05, 4.69) is 16.2 Å². The Morgan fingerprint density at radius 2 is 2.43 bits per heavy atom. The van der Waals surface area contributed by atoms with Crippen molar-refractivity contribution in [3.63, 3.8) is 0 Å². The van der Waals surface area contributed by atoms with Gasteiger partial charge < -0.3 is 4.74 Å². The zero-order chi connectivity index (χ0) is 10.6. The van der Waals surface area contributed by atoms with E-state index in [0.717, 1.165) is 6.54 Å². The first-order chi connectivity index (χ1) is 6.65. The molecule has 14 heavy (non-hydrogen) atoms. The number of esters is 1. The van der Waals surface area contributed by atoms with E-state index in [1.807, 2.05) is 24.3 Å². The number of nitrogens with zero attached hydrogens (tertiary/aromatic N) is 1. The zero-order valence-electron chi connectivity index (χ0n) is 8.69. The van der Waals surface area contributed by atoms with Crippen LogP contribution < -0.4 is 0 Å². The second-order valence-electron chi connectivity index (χ2n) is 3.25. The first kappa shape index (κ1) is 11.2. The average molecular weight is 213 g/mol. The van der Waals surface area contributed by atoms with E-state index in [0.29, 0.717) is 0 Å². The zero-order valence-corrected chi connectivity index (χ0v) is 9.50. The van der Waals surface area contributed by atoms with Gasteiger partial charge in [-0.05, 0) is 36.4 Å². The van der Waals surface area contributed by atoms with Gasteiger partial charge in [-0.15, -0.1) is 0 Å². The molecule has 3 nitrogen and oxygen atoms in total. The van der Waals surface area contributed by atoms with Gasteiger partial charge in [-0.1, -0.05) is 0 Å². The first-order valence-electron chi connectivity index (χ1n) is 4.44. The van der Waals surface area contributed by atoms with Crippen molar-refractivity contribution in [2.24, 2.45) is 0 Å². The van der Waals surface area contributed by atoms with Gasteiger partial charge >= 0.3 is 5.97 Å². The molecule has 0 spiro atoms. The van der Waals surface area contributed by atoms with E-state index < -0.39 is 0 Å². The van der Waals surface area contributed by atoms with Crippen LogP contribution in [0.4, 0.5) is 0 Å². The predicted octanol–water partition coefficient (Wildman–Crippen LogP) is 1.74. The Morgan fingerprint density at radius 1 is 1.71 bits per heavy atom. The van der Waals surface area contributed by atoms with E-state index in [1.165, 1.54) is 12.7 Å². The van der Waals surface area contributed by atoms with Crippen molar-refractivity contribution in [3.05, 3.63) is 22.4 Å². The van der Waals surface area contributed by atoms with Gasteiger partial charge in [0.05, 0.1) is 7.11 Å². The third-order valence-electron chi connectivity index (χ3n) is 2.22. The number of hydrogen-bond acceptors (Lipinski definition) is 4. The van der Waals surface area contributed by atoms with Crippen LogP contribution in [0, 0.1) is 0 Å². The number of likely N-dealkylation sites (N-methyl/N-ethyl adjacent to an activating group) is 1. The topological polar surface area (TPSA) is 29.5 Å². The molecule has 1 aromatic heterocycles. The van der Waals surface area contributed by atoms with Crippen molar-refractivity contribution < 1.29 is 9.53 Å². The van der Waals surface area contributed by atoms with Crippen LogP contribution in [0.2, 0.25) is 0 Å². The lowest BCUT2D eigenvalue weighted by Gasteiger charge is -2.21. The van der Waals surface area contributed by atoms with Crippen LogP contribution in [0.15, 0.2) is 16.8 Å². The molecule has 0 saturated carbocycles. The van der Waals surface area contributed by atoms with Crippen LogP contribution in [0.1, 0.15) is 12.5 Å². The van der Waals surface area contributed by atoms with Crippen LogP contribution in [0.5, 0.6) is 0 Å². The van der Waals surface area contributed by atoms with Crippen molar-refractivity contribution in [3.8, 4) is 0 Å². The third-order valence-corrected chi connectivity index (χ3v) is 2.95. The lowest BCUT2D eigenvalue weighted by molar-refractivity contribution is -0.145. The number of hydrogen-bond donors (Lipinski definition) is 0. The van der Waals surface area contributed by atoms with Gasteiger partial charge in [0.1, 0.15) is 6.04 Å². The first-order valence-corrected chi connectivity index (χ1v) is 5.38. The highest BCUT2D eigenvalue weighted by Crippen LogP contribution is 2.10. The average Bonchev–Trinajstić information content (AvgIpc) is 2.68. The lowest BCUT2D eigenvalue weighted by Crippen LogP contribution is -2.36. The maximum absolute atomic E-state index is 11.2. The van der Waals surface area contributed by atoms with E-state index in [4.69, 9.17) is 0 Å². The number of carbonyl (C=O) groups excluding carboxylic acids is 1. The van der Waals surface area contributed by atoms with E-state index >= 15 is 0 Å². The minimum absolute atomic E-state index is 0.192. The van der Waals surface area contributed by atoms with Crippen LogP contribution >= 0.6 is 11.3 Å². The van der Waals surface area contributed by atoms with E-state index in [-0.39, 0.29) is 12.0 Å². The Morgan fingerprint density at radius 3 is 2.93 bits per heavy atom.